The molecule has 0 radical (unpaired) electrons. The van der Waals surface area contributed by atoms with E-state index in [1.165, 1.54) is 55.5 Å². The van der Waals surface area contributed by atoms with Crippen LogP contribution in [0.1, 0.15) is 50.2 Å². The Labute approximate surface area is 131 Å². The quantitative estimate of drug-likeness (QED) is 0.824. The van der Waals surface area contributed by atoms with Gasteiger partial charge in [0.15, 0.2) is 0 Å². The zero-order valence-electron chi connectivity index (χ0n) is 12.9. The summed E-state index contributed by atoms with van der Waals surface area (Å²) in [5, 5.41) is 7.40. The molecule has 2 atom stereocenters. The average Bonchev–Trinajstić information content (AvgIpc) is 2.62. The molecule has 2 nitrogen and oxygen atoms in total. The van der Waals surface area contributed by atoms with E-state index in [1.807, 2.05) is 0 Å². The smallest absolute Gasteiger partial charge is 0.0402 e. The number of nitrogens with one attached hydrogen (secondary N) is 2. The van der Waals surface area contributed by atoms with Crippen molar-refractivity contribution in [3.8, 4) is 0 Å². The van der Waals surface area contributed by atoms with E-state index in [0.717, 1.165) is 4.47 Å². The maximum atomic E-state index is 3.71. The van der Waals surface area contributed by atoms with Crippen molar-refractivity contribution in [3.63, 3.8) is 0 Å². The highest BCUT2D eigenvalue weighted by Crippen LogP contribution is 2.26. The number of halogens is 1. The summed E-state index contributed by atoms with van der Waals surface area (Å²) in [6.45, 7) is 7.84. The van der Waals surface area contributed by atoms with Crippen LogP contribution in [-0.4, -0.2) is 18.6 Å². The molecule has 2 rings (SSSR count). The van der Waals surface area contributed by atoms with Crippen LogP contribution in [0.3, 0.4) is 0 Å². The summed E-state index contributed by atoms with van der Waals surface area (Å²) in [5.74, 6) is 0. The highest BCUT2D eigenvalue weighted by atomic mass is 79.9. The molecule has 0 amide bonds. The molecule has 0 spiro atoms. The Morgan fingerprint density at radius 3 is 2.65 bits per heavy atom. The molecule has 0 saturated carbocycles. The van der Waals surface area contributed by atoms with Gasteiger partial charge in [0.2, 0.25) is 0 Å². The minimum absolute atomic E-state index is 0.504. The fourth-order valence-corrected chi connectivity index (χ4v) is 3.86. The number of benzene rings is 1. The summed E-state index contributed by atoms with van der Waals surface area (Å²) in [4.78, 5) is 0. The third-order valence-corrected chi connectivity index (χ3v) is 4.65. The molecule has 20 heavy (non-hydrogen) atoms. The first-order valence-electron chi connectivity index (χ1n) is 7.83. The van der Waals surface area contributed by atoms with Gasteiger partial charge in [-0.2, -0.15) is 0 Å². The van der Waals surface area contributed by atoms with E-state index in [2.05, 4.69) is 59.5 Å². The van der Waals surface area contributed by atoms with Crippen molar-refractivity contribution in [1.82, 2.24) is 5.32 Å². The Kier molecular flexibility index (Phi) is 5.91. The normalized spacial score (nSPS) is 21.3. The van der Waals surface area contributed by atoms with E-state index in [1.54, 1.807) is 0 Å². The van der Waals surface area contributed by atoms with Gasteiger partial charge in [0.1, 0.15) is 0 Å². The Morgan fingerprint density at radius 2 is 1.95 bits per heavy atom. The third kappa shape index (κ3) is 4.49. The first-order valence-corrected chi connectivity index (χ1v) is 8.62. The van der Waals surface area contributed by atoms with Crippen molar-refractivity contribution in [2.24, 2.45) is 0 Å². The highest BCUT2D eigenvalue weighted by molar-refractivity contribution is 9.10. The van der Waals surface area contributed by atoms with Gasteiger partial charge < -0.3 is 10.6 Å². The maximum Gasteiger partial charge on any atom is 0.0402 e. The summed E-state index contributed by atoms with van der Waals surface area (Å²) in [7, 11) is 0. The fraction of sp³-hybridized carbons (Fsp3) is 0.647. The molecule has 112 valence electrons. The Bertz CT molecular complexity index is 414. The van der Waals surface area contributed by atoms with Gasteiger partial charge in [-0.25, -0.2) is 0 Å². The average molecular weight is 339 g/mol. The molecule has 1 heterocycles. The lowest BCUT2D eigenvalue weighted by molar-refractivity contribution is 0.456. The van der Waals surface area contributed by atoms with Crippen LogP contribution in [0.4, 0.5) is 5.69 Å². The van der Waals surface area contributed by atoms with E-state index < -0.39 is 0 Å². The Hall–Kier alpha value is -0.540. The first-order chi connectivity index (χ1) is 9.56. The molecule has 1 aliphatic heterocycles. The standard InChI is InChI=1S/C17H27BrN2/c1-12-9-15(18)10-13(2)17(12)20-14(3)11-16-7-5-4-6-8-19-16/h9-10,14,16,19-20H,4-8,11H2,1-3H3. The molecule has 1 fully saturated rings. The molecule has 0 bridgehead atoms. The second-order valence-electron chi connectivity index (χ2n) is 6.20. The van der Waals surface area contributed by atoms with Crippen LogP contribution in [0.5, 0.6) is 0 Å². The van der Waals surface area contributed by atoms with Crippen molar-refractivity contribution in [2.75, 3.05) is 11.9 Å². The maximum absolute atomic E-state index is 3.71. The number of hydrogen-bond donors (Lipinski definition) is 2. The van der Waals surface area contributed by atoms with Crippen molar-refractivity contribution in [3.05, 3.63) is 27.7 Å². The monoisotopic (exact) mass is 338 g/mol. The molecule has 1 aromatic carbocycles. The molecule has 1 saturated heterocycles. The van der Waals surface area contributed by atoms with Crippen LogP contribution >= 0.6 is 15.9 Å². The zero-order chi connectivity index (χ0) is 14.5. The molecule has 3 heteroatoms. The highest BCUT2D eigenvalue weighted by Gasteiger charge is 2.16. The lowest BCUT2D eigenvalue weighted by atomic mass is 10.0. The molecular weight excluding hydrogens is 312 g/mol. The second-order valence-corrected chi connectivity index (χ2v) is 7.11. The second kappa shape index (κ2) is 7.46. The van der Waals surface area contributed by atoms with Gasteiger partial charge in [-0.15, -0.1) is 0 Å². The molecular formula is C17H27BrN2. The van der Waals surface area contributed by atoms with Crippen molar-refractivity contribution < 1.29 is 0 Å². The number of rotatable bonds is 4. The molecule has 2 unspecified atom stereocenters. The summed E-state index contributed by atoms with van der Waals surface area (Å²) < 4.78 is 1.16. The van der Waals surface area contributed by atoms with Gasteiger partial charge in [-0.3, -0.25) is 0 Å². The molecule has 2 N–H and O–H groups in total. The molecule has 1 aromatic rings. The van der Waals surface area contributed by atoms with Gasteiger partial charge in [0.05, 0.1) is 0 Å². The predicted molar refractivity (Wildman–Crippen MR) is 91.6 cm³/mol. The van der Waals surface area contributed by atoms with E-state index in [0.29, 0.717) is 12.1 Å². The van der Waals surface area contributed by atoms with Crippen molar-refractivity contribution in [1.29, 1.82) is 0 Å². The number of aryl methyl sites for hydroxylation is 2. The third-order valence-electron chi connectivity index (χ3n) is 4.19. The largest absolute Gasteiger partial charge is 0.382 e. The van der Waals surface area contributed by atoms with E-state index in [-0.39, 0.29) is 0 Å². The molecule has 0 aliphatic carbocycles. The first kappa shape index (κ1) is 15.8. The van der Waals surface area contributed by atoms with Crippen molar-refractivity contribution in [2.45, 2.75) is 65.0 Å². The van der Waals surface area contributed by atoms with Crippen LogP contribution in [0.2, 0.25) is 0 Å². The summed E-state index contributed by atoms with van der Waals surface area (Å²) in [6.07, 6.45) is 6.62. The van der Waals surface area contributed by atoms with Gasteiger partial charge in [0.25, 0.3) is 0 Å². The lowest BCUT2D eigenvalue weighted by Gasteiger charge is -2.24. The van der Waals surface area contributed by atoms with E-state index in [4.69, 9.17) is 0 Å². The minimum Gasteiger partial charge on any atom is -0.382 e. The van der Waals surface area contributed by atoms with E-state index >= 15 is 0 Å². The summed E-state index contributed by atoms with van der Waals surface area (Å²) >= 11 is 3.56. The van der Waals surface area contributed by atoms with Gasteiger partial charge in [0, 0.05) is 22.2 Å². The molecule has 0 aromatic heterocycles. The molecule has 1 aliphatic rings. The summed E-state index contributed by atoms with van der Waals surface area (Å²) in [6, 6.07) is 5.55. The van der Waals surface area contributed by atoms with Crippen LogP contribution in [0.15, 0.2) is 16.6 Å². The lowest BCUT2D eigenvalue weighted by Crippen LogP contribution is -2.33. The SMILES string of the molecule is Cc1cc(Br)cc(C)c1NC(C)CC1CCCCCN1. The minimum atomic E-state index is 0.504. The van der Waals surface area contributed by atoms with Crippen LogP contribution in [0.25, 0.3) is 0 Å². The van der Waals surface area contributed by atoms with Gasteiger partial charge in [-0.1, -0.05) is 28.8 Å². The van der Waals surface area contributed by atoms with Gasteiger partial charge in [-0.05, 0) is 69.8 Å². The van der Waals surface area contributed by atoms with Crippen LogP contribution in [-0.2, 0) is 0 Å². The van der Waals surface area contributed by atoms with Gasteiger partial charge >= 0.3 is 0 Å². The number of anilines is 1. The van der Waals surface area contributed by atoms with E-state index in [9.17, 15) is 0 Å². The Morgan fingerprint density at radius 1 is 1.25 bits per heavy atom. The van der Waals surface area contributed by atoms with Crippen LogP contribution in [0, 0.1) is 13.8 Å². The fourth-order valence-electron chi connectivity index (χ4n) is 3.17. The summed E-state index contributed by atoms with van der Waals surface area (Å²) in [5.41, 5.74) is 3.93. The zero-order valence-corrected chi connectivity index (χ0v) is 14.5. The van der Waals surface area contributed by atoms with Crippen LogP contribution < -0.4 is 10.6 Å². The van der Waals surface area contributed by atoms with Crippen molar-refractivity contribution >= 4 is 21.6 Å². The number of hydrogen-bond acceptors (Lipinski definition) is 2. The predicted octanol–water partition coefficient (Wildman–Crippen LogP) is 4.79. The Balaban J connectivity index is 1.95. The topological polar surface area (TPSA) is 24.1 Å².